The highest BCUT2D eigenvalue weighted by molar-refractivity contribution is 5.39. The minimum Gasteiger partial charge on any atom is -0.497 e. The van der Waals surface area contributed by atoms with Crippen LogP contribution in [0.4, 0.5) is 4.39 Å². The summed E-state index contributed by atoms with van der Waals surface area (Å²) in [6.07, 6.45) is 0.360. The highest BCUT2D eigenvalue weighted by Crippen LogP contribution is 2.32. The van der Waals surface area contributed by atoms with Crippen LogP contribution in [0.1, 0.15) is 23.6 Å². The van der Waals surface area contributed by atoms with Crippen molar-refractivity contribution < 1.29 is 9.13 Å². The SMILES string of the molecule is COc1ccc2c(c1)CC[C@@H](F)[C@H]2N. The van der Waals surface area contributed by atoms with Gasteiger partial charge in [-0.15, -0.1) is 0 Å². The summed E-state index contributed by atoms with van der Waals surface area (Å²) >= 11 is 0. The molecule has 0 saturated carbocycles. The molecule has 0 saturated heterocycles. The summed E-state index contributed by atoms with van der Waals surface area (Å²) < 4.78 is 18.4. The number of halogens is 1. The van der Waals surface area contributed by atoms with E-state index in [-0.39, 0.29) is 0 Å². The van der Waals surface area contributed by atoms with E-state index in [9.17, 15) is 4.39 Å². The predicted octanol–water partition coefficient (Wildman–Crippen LogP) is 1.98. The lowest BCUT2D eigenvalue weighted by Crippen LogP contribution is -2.28. The van der Waals surface area contributed by atoms with Crippen molar-refractivity contribution in [2.75, 3.05) is 7.11 Å². The topological polar surface area (TPSA) is 35.2 Å². The van der Waals surface area contributed by atoms with Crippen LogP contribution in [0.25, 0.3) is 0 Å². The Balaban J connectivity index is 2.38. The Labute approximate surface area is 82.9 Å². The first-order chi connectivity index (χ1) is 6.72. The molecule has 1 aliphatic rings. The van der Waals surface area contributed by atoms with E-state index in [2.05, 4.69) is 0 Å². The smallest absolute Gasteiger partial charge is 0.120 e. The Bertz CT molecular complexity index is 340. The van der Waals surface area contributed by atoms with Gasteiger partial charge in [0.15, 0.2) is 0 Å². The molecule has 1 aliphatic carbocycles. The molecule has 76 valence electrons. The van der Waals surface area contributed by atoms with Crippen LogP contribution in [0.5, 0.6) is 5.75 Å². The van der Waals surface area contributed by atoms with Crippen LogP contribution in [-0.2, 0) is 6.42 Å². The monoisotopic (exact) mass is 195 g/mol. The predicted molar refractivity (Wildman–Crippen MR) is 53.1 cm³/mol. The van der Waals surface area contributed by atoms with Gasteiger partial charge in [-0.2, -0.15) is 0 Å². The van der Waals surface area contributed by atoms with E-state index in [1.807, 2.05) is 18.2 Å². The van der Waals surface area contributed by atoms with Gasteiger partial charge in [0.2, 0.25) is 0 Å². The lowest BCUT2D eigenvalue weighted by Gasteiger charge is -2.25. The van der Waals surface area contributed by atoms with Crippen LogP contribution in [-0.4, -0.2) is 13.3 Å². The number of aryl methyl sites for hydroxylation is 1. The van der Waals surface area contributed by atoms with Crippen molar-refractivity contribution in [3.8, 4) is 5.75 Å². The molecule has 0 unspecified atom stereocenters. The van der Waals surface area contributed by atoms with Gasteiger partial charge in [-0.1, -0.05) is 6.07 Å². The molecule has 1 aromatic rings. The lowest BCUT2D eigenvalue weighted by atomic mass is 9.87. The normalized spacial score (nSPS) is 25.6. The van der Waals surface area contributed by atoms with Crippen LogP contribution in [0, 0.1) is 0 Å². The van der Waals surface area contributed by atoms with Gasteiger partial charge >= 0.3 is 0 Å². The third-order valence-electron chi connectivity index (χ3n) is 2.79. The summed E-state index contributed by atoms with van der Waals surface area (Å²) in [5, 5.41) is 0. The third-order valence-corrected chi connectivity index (χ3v) is 2.79. The maximum absolute atomic E-state index is 13.3. The minimum atomic E-state index is -0.907. The van der Waals surface area contributed by atoms with Crippen molar-refractivity contribution in [1.29, 1.82) is 0 Å². The fourth-order valence-electron chi connectivity index (χ4n) is 1.92. The zero-order chi connectivity index (χ0) is 10.1. The molecule has 0 spiro atoms. The van der Waals surface area contributed by atoms with E-state index in [1.54, 1.807) is 7.11 Å². The number of ether oxygens (including phenoxy) is 1. The largest absolute Gasteiger partial charge is 0.497 e. The Kier molecular flexibility index (Phi) is 2.42. The van der Waals surface area contributed by atoms with Crippen molar-refractivity contribution in [3.63, 3.8) is 0 Å². The van der Waals surface area contributed by atoms with Crippen LogP contribution in [0.2, 0.25) is 0 Å². The summed E-state index contributed by atoms with van der Waals surface area (Å²) in [5.41, 5.74) is 7.80. The Hall–Kier alpha value is -1.09. The number of nitrogens with two attached hydrogens (primary N) is 1. The zero-order valence-corrected chi connectivity index (χ0v) is 8.16. The number of hydrogen-bond acceptors (Lipinski definition) is 2. The highest BCUT2D eigenvalue weighted by Gasteiger charge is 2.26. The van der Waals surface area contributed by atoms with E-state index >= 15 is 0 Å². The Morgan fingerprint density at radius 1 is 1.50 bits per heavy atom. The molecule has 0 amide bonds. The van der Waals surface area contributed by atoms with Gasteiger partial charge in [-0.25, -0.2) is 4.39 Å². The number of benzene rings is 1. The van der Waals surface area contributed by atoms with Gasteiger partial charge in [0.05, 0.1) is 13.2 Å². The van der Waals surface area contributed by atoms with Gasteiger partial charge in [-0.05, 0) is 36.1 Å². The van der Waals surface area contributed by atoms with E-state index < -0.39 is 12.2 Å². The molecule has 0 bridgehead atoms. The Morgan fingerprint density at radius 2 is 2.29 bits per heavy atom. The van der Waals surface area contributed by atoms with Crippen molar-refractivity contribution in [2.24, 2.45) is 5.73 Å². The number of rotatable bonds is 1. The average Bonchev–Trinajstić information content (AvgIpc) is 2.23. The van der Waals surface area contributed by atoms with Crippen molar-refractivity contribution in [3.05, 3.63) is 29.3 Å². The van der Waals surface area contributed by atoms with E-state index in [0.717, 1.165) is 23.3 Å². The fraction of sp³-hybridized carbons (Fsp3) is 0.455. The van der Waals surface area contributed by atoms with Gasteiger partial charge in [0.25, 0.3) is 0 Å². The number of fused-ring (bicyclic) bond motifs is 1. The molecule has 2 N–H and O–H groups in total. The molecule has 1 aromatic carbocycles. The zero-order valence-electron chi connectivity index (χ0n) is 8.16. The lowest BCUT2D eigenvalue weighted by molar-refractivity contribution is 0.254. The third kappa shape index (κ3) is 1.48. The minimum absolute atomic E-state index is 0.468. The second kappa shape index (κ2) is 3.58. The molecule has 2 rings (SSSR count). The van der Waals surface area contributed by atoms with Crippen LogP contribution < -0.4 is 10.5 Å². The highest BCUT2D eigenvalue weighted by atomic mass is 19.1. The molecule has 0 aliphatic heterocycles. The van der Waals surface area contributed by atoms with Crippen LogP contribution in [0.15, 0.2) is 18.2 Å². The first-order valence-electron chi connectivity index (χ1n) is 4.79. The van der Waals surface area contributed by atoms with Gasteiger partial charge < -0.3 is 10.5 Å². The first kappa shape index (κ1) is 9.46. The quantitative estimate of drug-likeness (QED) is 0.743. The maximum atomic E-state index is 13.3. The molecule has 3 heteroatoms. The van der Waals surface area contributed by atoms with Crippen LogP contribution in [0.3, 0.4) is 0 Å². The number of methoxy groups -OCH3 is 1. The van der Waals surface area contributed by atoms with Gasteiger partial charge in [0.1, 0.15) is 11.9 Å². The number of hydrogen-bond donors (Lipinski definition) is 1. The van der Waals surface area contributed by atoms with Crippen molar-refractivity contribution in [2.45, 2.75) is 25.1 Å². The molecular formula is C11H14FNO. The molecular weight excluding hydrogens is 181 g/mol. The molecule has 0 aromatic heterocycles. The maximum Gasteiger partial charge on any atom is 0.120 e. The summed E-state index contributed by atoms with van der Waals surface area (Å²) in [4.78, 5) is 0. The first-order valence-corrected chi connectivity index (χ1v) is 4.79. The second-order valence-electron chi connectivity index (χ2n) is 3.65. The number of alkyl halides is 1. The van der Waals surface area contributed by atoms with E-state index in [1.165, 1.54) is 0 Å². The molecule has 2 atom stereocenters. The van der Waals surface area contributed by atoms with Crippen molar-refractivity contribution >= 4 is 0 Å². The van der Waals surface area contributed by atoms with Gasteiger partial charge in [0, 0.05) is 0 Å². The van der Waals surface area contributed by atoms with E-state index in [0.29, 0.717) is 6.42 Å². The molecule has 0 radical (unpaired) electrons. The fourth-order valence-corrected chi connectivity index (χ4v) is 1.92. The molecule has 0 heterocycles. The average molecular weight is 195 g/mol. The molecule has 14 heavy (non-hydrogen) atoms. The molecule has 2 nitrogen and oxygen atoms in total. The van der Waals surface area contributed by atoms with E-state index in [4.69, 9.17) is 10.5 Å². The summed E-state index contributed by atoms with van der Waals surface area (Å²) in [5.74, 6) is 0.813. The van der Waals surface area contributed by atoms with Crippen LogP contribution >= 0.6 is 0 Å². The molecule has 0 fully saturated rings. The summed E-state index contributed by atoms with van der Waals surface area (Å²) in [6.45, 7) is 0. The second-order valence-corrected chi connectivity index (χ2v) is 3.65. The summed E-state index contributed by atoms with van der Waals surface area (Å²) in [6, 6.07) is 5.17. The summed E-state index contributed by atoms with van der Waals surface area (Å²) in [7, 11) is 1.63. The van der Waals surface area contributed by atoms with Crippen molar-refractivity contribution in [1.82, 2.24) is 0 Å². The van der Waals surface area contributed by atoms with Gasteiger partial charge in [-0.3, -0.25) is 0 Å². The standard InChI is InChI=1S/C11H14FNO/c1-14-8-3-4-9-7(6-8)2-5-10(12)11(9)13/h3-4,6,10-11H,2,5,13H2,1H3/t10-,11+/m1/s1. The Morgan fingerprint density at radius 3 is 3.00 bits per heavy atom.